The Bertz CT molecular complexity index is 832. The summed E-state index contributed by atoms with van der Waals surface area (Å²) in [6, 6.07) is 9.75. The second-order valence-electron chi connectivity index (χ2n) is 6.80. The maximum absolute atomic E-state index is 12.6. The number of carbonyl (C=O) groups is 2. The van der Waals surface area contributed by atoms with Crippen molar-refractivity contribution in [3.05, 3.63) is 53.2 Å². The van der Waals surface area contributed by atoms with E-state index in [1.54, 1.807) is 18.3 Å². The molecule has 6 heteroatoms. The van der Waals surface area contributed by atoms with Gasteiger partial charge in [0.2, 0.25) is 5.91 Å². The van der Waals surface area contributed by atoms with Crippen molar-refractivity contribution < 1.29 is 9.59 Å². The van der Waals surface area contributed by atoms with Crippen LogP contribution in [0.15, 0.2) is 46.5 Å². The third kappa shape index (κ3) is 5.10. The molecule has 0 spiro atoms. The summed E-state index contributed by atoms with van der Waals surface area (Å²) in [6.45, 7) is 6.17. The van der Waals surface area contributed by atoms with Crippen LogP contribution in [0.4, 0.5) is 0 Å². The molecule has 3 rings (SSSR count). The predicted molar refractivity (Wildman–Crippen MR) is 107 cm³/mol. The molecule has 0 aliphatic carbocycles. The van der Waals surface area contributed by atoms with Gasteiger partial charge >= 0.3 is 0 Å². The highest BCUT2D eigenvalue weighted by molar-refractivity contribution is 7.99. The number of nitrogens with one attached hydrogen (secondary N) is 1. The third-order valence-electron chi connectivity index (χ3n) is 4.79. The molecule has 2 heterocycles. The fourth-order valence-electron chi connectivity index (χ4n) is 3.04. The van der Waals surface area contributed by atoms with Gasteiger partial charge in [0, 0.05) is 37.1 Å². The van der Waals surface area contributed by atoms with Crippen molar-refractivity contribution in [2.24, 2.45) is 0 Å². The van der Waals surface area contributed by atoms with E-state index in [-0.39, 0.29) is 11.8 Å². The summed E-state index contributed by atoms with van der Waals surface area (Å²) >= 11 is 1.48. The molecule has 1 fully saturated rings. The number of nitrogens with zero attached hydrogens (tertiary/aromatic N) is 2. The Morgan fingerprint density at radius 3 is 2.67 bits per heavy atom. The van der Waals surface area contributed by atoms with Crippen LogP contribution in [0.3, 0.4) is 0 Å². The Morgan fingerprint density at radius 2 is 1.93 bits per heavy atom. The molecule has 0 saturated carbocycles. The van der Waals surface area contributed by atoms with E-state index in [0.717, 1.165) is 30.8 Å². The van der Waals surface area contributed by atoms with Crippen molar-refractivity contribution in [2.75, 3.05) is 19.6 Å². The van der Waals surface area contributed by atoms with Crippen LogP contribution >= 0.6 is 11.8 Å². The van der Waals surface area contributed by atoms with Crippen LogP contribution in [0.2, 0.25) is 0 Å². The van der Waals surface area contributed by atoms with Crippen LogP contribution in [0.1, 0.15) is 40.7 Å². The highest BCUT2D eigenvalue weighted by atomic mass is 32.2. The van der Waals surface area contributed by atoms with E-state index >= 15 is 0 Å². The zero-order valence-corrected chi connectivity index (χ0v) is 16.6. The van der Waals surface area contributed by atoms with Gasteiger partial charge < -0.3 is 10.2 Å². The van der Waals surface area contributed by atoms with Gasteiger partial charge in [-0.1, -0.05) is 17.8 Å². The Morgan fingerprint density at radius 1 is 1.15 bits per heavy atom. The molecule has 0 atom stereocenters. The summed E-state index contributed by atoms with van der Waals surface area (Å²) in [4.78, 5) is 32.0. The van der Waals surface area contributed by atoms with Gasteiger partial charge in [0.15, 0.2) is 0 Å². The van der Waals surface area contributed by atoms with E-state index in [1.165, 1.54) is 22.9 Å². The molecule has 1 saturated heterocycles. The normalized spacial score (nSPS) is 13.6. The molecule has 27 heavy (non-hydrogen) atoms. The Kier molecular flexibility index (Phi) is 6.50. The standard InChI is InChI=1S/C21H25N3O2S/c1-15-7-8-17(14-16(15)2)27-21-18(6-5-10-23-21)20(26)22-11-9-19(25)24-12-3-4-13-24/h5-8,10,14H,3-4,9,11-13H2,1-2H3,(H,22,26). The summed E-state index contributed by atoms with van der Waals surface area (Å²) < 4.78 is 0. The van der Waals surface area contributed by atoms with Gasteiger partial charge in [-0.15, -0.1) is 0 Å². The minimum absolute atomic E-state index is 0.115. The number of amides is 2. The molecule has 2 amide bonds. The molecule has 142 valence electrons. The van der Waals surface area contributed by atoms with Crippen molar-refractivity contribution >= 4 is 23.6 Å². The molecule has 1 aromatic heterocycles. The lowest BCUT2D eigenvalue weighted by molar-refractivity contribution is -0.129. The van der Waals surface area contributed by atoms with Crippen LogP contribution in [-0.2, 0) is 4.79 Å². The van der Waals surface area contributed by atoms with Gasteiger partial charge in [-0.25, -0.2) is 4.98 Å². The highest BCUT2D eigenvalue weighted by Gasteiger charge is 2.18. The van der Waals surface area contributed by atoms with Crippen LogP contribution in [0.5, 0.6) is 0 Å². The van der Waals surface area contributed by atoms with E-state index in [9.17, 15) is 9.59 Å². The lowest BCUT2D eigenvalue weighted by Gasteiger charge is -2.15. The van der Waals surface area contributed by atoms with Gasteiger partial charge in [-0.05, 0) is 62.1 Å². The number of carbonyl (C=O) groups excluding carboxylic acids is 2. The van der Waals surface area contributed by atoms with Crippen molar-refractivity contribution in [3.8, 4) is 0 Å². The second kappa shape index (κ2) is 9.04. The van der Waals surface area contributed by atoms with Crippen LogP contribution < -0.4 is 5.32 Å². The molecule has 1 aliphatic rings. The van der Waals surface area contributed by atoms with E-state index in [4.69, 9.17) is 0 Å². The minimum Gasteiger partial charge on any atom is -0.351 e. The molecule has 1 aliphatic heterocycles. The second-order valence-corrected chi connectivity index (χ2v) is 7.86. The lowest BCUT2D eigenvalue weighted by Crippen LogP contribution is -2.32. The van der Waals surface area contributed by atoms with E-state index in [0.29, 0.717) is 23.6 Å². The monoisotopic (exact) mass is 383 g/mol. The molecule has 2 aromatic rings. The number of hydrogen-bond donors (Lipinski definition) is 1. The maximum Gasteiger partial charge on any atom is 0.254 e. The first kappa shape index (κ1) is 19.4. The average molecular weight is 384 g/mol. The summed E-state index contributed by atoms with van der Waals surface area (Å²) in [6.07, 6.45) is 4.18. The molecule has 5 nitrogen and oxygen atoms in total. The summed E-state index contributed by atoms with van der Waals surface area (Å²) in [5.41, 5.74) is 2.98. The summed E-state index contributed by atoms with van der Waals surface area (Å²) in [5.74, 6) is -0.0765. The fourth-order valence-corrected chi connectivity index (χ4v) is 4.02. The molecular formula is C21H25N3O2S. The Hall–Kier alpha value is -2.34. The minimum atomic E-state index is -0.191. The number of aromatic nitrogens is 1. The molecule has 1 N–H and O–H groups in total. The number of hydrogen-bond acceptors (Lipinski definition) is 4. The number of likely N-dealkylation sites (tertiary alicyclic amines) is 1. The molecular weight excluding hydrogens is 358 g/mol. The molecule has 1 aromatic carbocycles. The largest absolute Gasteiger partial charge is 0.351 e. The zero-order chi connectivity index (χ0) is 19.2. The van der Waals surface area contributed by atoms with E-state index in [2.05, 4.69) is 36.3 Å². The SMILES string of the molecule is Cc1ccc(Sc2ncccc2C(=O)NCCC(=O)N2CCCC2)cc1C. The van der Waals surface area contributed by atoms with Gasteiger partial charge in [-0.3, -0.25) is 9.59 Å². The van der Waals surface area contributed by atoms with E-state index < -0.39 is 0 Å². The van der Waals surface area contributed by atoms with Gasteiger partial charge in [0.25, 0.3) is 5.91 Å². The lowest BCUT2D eigenvalue weighted by atomic mass is 10.1. The average Bonchev–Trinajstić information content (AvgIpc) is 3.20. The predicted octanol–water partition coefficient (Wildman–Crippen LogP) is 3.59. The molecule has 0 bridgehead atoms. The first-order chi connectivity index (χ1) is 13.0. The van der Waals surface area contributed by atoms with Gasteiger partial charge in [0.1, 0.15) is 5.03 Å². The maximum atomic E-state index is 12.6. The first-order valence-corrected chi connectivity index (χ1v) is 10.1. The summed E-state index contributed by atoms with van der Waals surface area (Å²) in [5, 5.41) is 3.53. The van der Waals surface area contributed by atoms with Crippen molar-refractivity contribution in [3.63, 3.8) is 0 Å². The quantitative estimate of drug-likeness (QED) is 0.828. The smallest absolute Gasteiger partial charge is 0.254 e. The zero-order valence-electron chi connectivity index (χ0n) is 15.8. The van der Waals surface area contributed by atoms with Crippen molar-refractivity contribution in [2.45, 2.75) is 43.0 Å². The topological polar surface area (TPSA) is 62.3 Å². The first-order valence-electron chi connectivity index (χ1n) is 9.30. The van der Waals surface area contributed by atoms with Gasteiger partial charge in [-0.2, -0.15) is 0 Å². The van der Waals surface area contributed by atoms with Crippen LogP contribution in [0.25, 0.3) is 0 Å². The van der Waals surface area contributed by atoms with Crippen LogP contribution in [0, 0.1) is 13.8 Å². The summed E-state index contributed by atoms with van der Waals surface area (Å²) in [7, 11) is 0. The fraction of sp³-hybridized carbons (Fsp3) is 0.381. The third-order valence-corrected chi connectivity index (χ3v) is 5.80. The number of aryl methyl sites for hydroxylation is 2. The Balaban J connectivity index is 1.61. The molecule has 0 unspecified atom stereocenters. The van der Waals surface area contributed by atoms with Gasteiger partial charge in [0.05, 0.1) is 5.56 Å². The molecule has 0 radical (unpaired) electrons. The number of pyridine rings is 1. The van der Waals surface area contributed by atoms with Crippen LogP contribution in [-0.4, -0.2) is 41.3 Å². The number of benzene rings is 1. The van der Waals surface area contributed by atoms with E-state index in [1.807, 2.05) is 11.0 Å². The highest BCUT2D eigenvalue weighted by Crippen LogP contribution is 2.29. The van der Waals surface area contributed by atoms with Crippen molar-refractivity contribution in [1.82, 2.24) is 15.2 Å². The Labute approximate surface area is 164 Å². The van der Waals surface area contributed by atoms with Crippen molar-refractivity contribution in [1.29, 1.82) is 0 Å². The number of rotatable bonds is 6.